The van der Waals surface area contributed by atoms with E-state index in [2.05, 4.69) is 78.7 Å². The second kappa shape index (κ2) is 11.1. The predicted molar refractivity (Wildman–Crippen MR) is 113 cm³/mol. The van der Waals surface area contributed by atoms with Gasteiger partial charge in [0, 0.05) is 21.1 Å². The summed E-state index contributed by atoms with van der Waals surface area (Å²) in [6, 6.07) is 0. The molecule has 0 atom stereocenters. The van der Waals surface area contributed by atoms with Gasteiger partial charge in [0.1, 0.15) is 0 Å². The molecule has 23 heavy (non-hydrogen) atoms. The van der Waals surface area contributed by atoms with Gasteiger partial charge in [0.05, 0.1) is 0 Å². The van der Waals surface area contributed by atoms with Crippen molar-refractivity contribution >= 4 is 33.3 Å². The molecule has 0 unspecified atom stereocenters. The van der Waals surface area contributed by atoms with Gasteiger partial charge in [0.15, 0.2) is 33.3 Å². The first kappa shape index (κ1) is 28.2. The summed E-state index contributed by atoms with van der Waals surface area (Å²) in [4.78, 5) is 0. The Kier molecular flexibility index (Phi) is 13.7. The first-order chi connectivity index (χ1) is 9.66. The van der Waals surface area contributed by atoms with Crippen molar-refractivity contribution in [3.05, 3.63) is 49.1 Å². The Morgan fingerprint density at radius 1 is 0.478 bits per heavy atom. The third kappa shape index (κ3) is 15.7. The van der Waals surface area contributed by atoms with Gasteiger partial charge in [-0.3, -0.25) is 0 Å². The van der Waals surface area contributed by atoms with Crippen molar-refractivity contribution in [1.82, 2.24) is 0 Å². The maximum Gasteiger partial charge on any atom is 0.198 e. The van der Waals surface area contributed by atoms with Crippen molar-refractivity contribution in [2.24, 2.45) is 0 Å². The van der Waals surface area contributed by atoms with E-state index in [9.17, 15) is 0 Å². The Morgan fingerprint density at radius 3 is 0.696 bits per heavy atom. The van der Waals surface area contributed by atoms with E-state index < -0.39 is 33.3 Å². The molecule has 0 aliphatic rings. The summed E-state index contributed by atoms with van der Waals surface area (Å²) in [7, 11) is -6.32. The molecule has 0 amide bonds. The van der Waals surface area contributed by atoms with Crippen LogP contribution in [0.15, 0.2) is 49.1 Å². The molecule has 0 aromatic rings. The van der Waals surface area contributed by atoms with Crippen molar-refractivity contribution in [2.45, 2.75) is 52.4 Å². The van der Waals surface area contributed by atoms with E-state index in [1.807, 2.05) is 22.8 Å². The average Bonchev–Trinajstić information content (AvgIpc) is 2.37. The Balaban J connectivity index is -0.000000333. The van der Waals surface area contributed by atoms with Crippen molar-refractivity contribution in [1.29, 1.82) is 0 Å². The molecule has 0 bridgehead atoms. The van der Waals surface area contributed by atoms with Gasteiger partial charge in [-0.15, -0.1) is 26.3 Å². The van der Waals surface area contributed by atoms with Crippen LogP contribution >= 0.6 is 0 Å². The van der Waals surface area contributed by atoms with Crippen LogP contribution in [0.3, 0.4) is 0 Å². The number of hydrogen-bond donors (Lipinski definition) is 0. The quantitative estimate of drug-likeness (QED) is 0.349. The van der Waals surface area contributed by atoms with E-state index in [1.54, 1.807) is 0 Å². The van der Waals surface area contributed by atoms with E-state index in [4.69, 9.17) is 8.23 Å². The summed E-state index contributed by atoms with van der Waals surface area (Å²) >= 11 is 0. The van der Waals surface area contributed by atoms with Crippen molar-refractivity contribution < 1.29 is 29.3 Å². The maximum atomic E-state index is 5.97. The SMILES string of the molecule is C=C[Si](C)(C)O[Si](C)(C)C=C.C=C[Si](C)(C)O[Si](C)(C)C=C.[Pt]. The number of hydrogen-bond acceptors (Lipinski definition) is 2. The van der Waals surface area contributed by atoms with Crippen LogP contribution in [0.2, 0.25) is 52.4 Å². The molecule has 0 aromatic heterocycles. The van der Waals surface area contributed by atoms with E-state index in [1.165, 1.54) is 0 Å². The van der Waals surface area contributed by atoms with E-state index >= 15 is 0 Å². The summed E-state index contributed by atoms with van der Waals surface area (Å²) in [5.74, 6) is 0. The largest absolute Gasteiger partial charge is 0.449 e. The van der Waals surface area contributed by atoms with E-state index in [0.717, 1.165) is 0 Å². The molecule has 0 radical (unpaired) electrons. The van der Waals surface area contributed by atoms with Gasteiger partial charge < -0.3 is 8.23 Å². The fourth-order valence-electron chi connectivity index (χ4n) is 1.52. The fourth-order valence-corrected chi connectivity index (χ4v) is 13.7. The first-order valence-corrected chi connectivity index (χ1v) is 19.5. The summed E-state index contributed by atoms with van der Waals surface area (Å²) in [5, 5.41) is 0. The third-order valence-electron chi connectivity index (χ3n) is 3.02. The van der Waals surface area contributed by atoms with Crippen LogP contribution in [-0.4, -0.2) is 33.3 Å². The van der Waals surface area contributed by atoms with Gasteiger partial charge in [-0.05, 0) is 52.4 Å². The molecule has 0 N–H and O–H groups in total. The molecule has 7 heteroatoms. The van der Waals surface area contributed by atoms with Gasteiger partial charge in [-0.2, -0.15) is 0 Å². The van der Waals surface area contributed by atoms with Crippen LogP contribution in [-0.2, 0) is 29.3 Å². The van der Waals surface area contributed by atoms with Crippen molar-refractivity contribution in [3.8, 4) is 0 Å². The van der Waals surface area contributed by atoms with Gasteiger partial charge in [-0.25, -0.2) is 0 Å². The zero-order valence-electron chi connectivity index (χ0n) is 16.3. The molecule has 2 nitrogen and oxygen atoms in total. The van der Waals surface area contributed by atoms with Crippen LogP contribution in [0.1, 0.15) is 0 Å². The third-order valence-corrected chi connectivity index (χ3v) is 15.4. The Morgan fingerprint density at radius 2 is 0.609 bits per heavy atom. The summed E-state index contributed by atoms with van der Waals surface area (Å²) in [6.45, 7) is 32.3. The summed E-state index contributed by atoms with van der Waals surface area (Å²) in [6.07, 6.45) is 0. The first-order valence-electron chi connectivity index (χ1n) is 7.60. The van der Waals surface area contributed by atoms with Crippen LogP contribution in [0.4, 0.5) is 0 Å². The second-order valence-corrected chi connectivity index (χ2v) is 23.5. The van der Waals surface area contributed by atoms with Gasteiger partial charge in [0.25, 0.3) is 0 Å². The summed E-state index contributed by atoms with van der Waals surface area (Å²) in [5.41, 5.74) is 7.85. The molecule has 0 saturated heterocycles. The van der Waals surface area contributed by atoms with Gasteiger partial charge in [-0.1, -0.05) is 22.8 Å². The summed E-state index contributed by atoms with van der Waals surface area (Å²) < 4.78 is 11.9. The maximum absolute atomic E-state index is 5.97. The van der Waals surface area contributed by atoms with Gasteiger partial charge in [0.2, 0.25) is 0 Å². The van der Waals surface area contributed by atoms with Crippen LogP contribution in [0.25, 0.3) is 0 Å². The smallest absolute Gasteiger partial charge is 0.198 e. The fraction of sp³-hybridized carbons (Fsp3) is 0.500. The van der Waals surface area contributed by atoms with Crippen molar-refractivity contribution in [2.75, 3.05) is 0 Å². The topological polar surface area (TPSA) is 18.5 Å². The molecule has 0 heterocycles. The molecule has 0 aromatic carbocycles. The van der Waals surface area contributed by atoms with Crippen LogP contribution in [0, 0.1) is 0 Å². The monoisotopic (exact) mass is 567 g/mol. The zero-order valence-corrected chi connectivity index (χ0v) is 22.5. The second-order valence-electron chi connectivity index (χ2n) is 7.43. The minimum Gasteiger partial charge on any atom is -0.449 e. The molecule has 0 spiro atoms. The average molecular weight is 568 g/mol. The van der Waals surface area contributed by atoms with Crippen LogP contribution in [0.5, 0.6) is 0 Å². The minimum absolute atomic E-state index is 0. The zero-order chi connectivity index (χ0) is 18.2. The van der Waals surface area contributed by atoms with E-state index in [0.29, 0.717) is 0 Å². The predicted octanol–water partition coefficient (Wildman–Crippen LogP) is 5.72. The van der Waals surface area contributed by atoms with Crippen LogP contribution < -0.4 is 0 Å². The molecule has 138 valence electrons. The standard InChI is InChI=1S/2C8H18OSi2.Pt/c2*1-7-10(3,4)9-11(5,6)8-2;/h2*7-8H,1-2H2,3-6H3;. The molecule has 0 saturated carbocycles. The molecular weight excluding hydrogens is 532 g/mol. The molecule has 0 aliphatic heterocycles. The molecule has 0 fully saturated rings. The molecular formula is C16H36O2PtSi4. The Labute approximate surface area is 163 Å². The Hall–Kier alpha value is 0.436. The number of rotatable bonds is 8. The Bertz CT molecular complexity index is 331. The molecule has 0 rings (SSSR count). The van der Waals surface area contributed by atoms with Gasteiger partial charge >= 0.3 is 0 Å². The molecule has 0 aliphatic carbocycles. The van der Waals surface area contributed by atoms with Crippen molar-refractivity contribution in [3.63, 3.8) is 0 Å². The normalized spacial score (nSPS) is 12.2. The minimum atomic E-state index is -1.58. The van der Waals surface area contributed by atoms with E-state index in [-0.39, 0.29) is 21.1 Å².